The third-order valence-corrected chi connectivity index (χ3v) is 5.89. The maximum atomic E-state index is 12.2. The van der Waals surface area contributed by atoms with Gasteiger partial charge in [0.2, 0.25) is 0 Å². The summed E-state index contributed by atoms with van der Waals surface area (Å²) in [7, 11) is -3.46. The van der Waals surface area contributed by atoms with Crippen molar-refractivity contribution in [3.63, 3.8) is 0 Å². The minimum atomic E-state index is -3.46. The molecule has 0 spiro atoms. The second kappa shape index (κ2) is 9.32. The molecule has 0 radical (unpaired) electrons. The normalized spacial score (nSPS) is 11.0. The minimum absolute atomic E-state index is 0.00438. The minimum Gasteiger partial charge on any atom is -0.506 e. The number of hydrogen-bond acceptors (Lipinski definition) is 6. The lowest BCUT2D eigenvalue weighted by Gasteiger charge is -2.11. The molecule has 0 aliphatic rings. The summed E-state index contributed by atoms with van der Waals surface area (Å²) in [6.45, 7) is 1.20. The Labute approximate surface area is 174 Å². The van der Waals surface area contributed by atoms with Gasteiger partial charge in [0.1, 0.15) is 23.0 Å². The van der Waals surface area contributed by atoms with E-state index in [2.05, 4.69) is 5.32 Å². The van der Waals surface area contributed by atoms with Crippen LogP contribution in [0.15, 0.2) is 77.7 Å². The van der Waals surface area contributed by atoms with Gasteiger partial charge in [-0.1, -0.05) is 25.1 Å². The van der Waals surface area contributed by atoms with Gasteiger partial charge < -0.3 is 19.9 Å². The fourth-order valence-corrected chi connectivity index (χ4v) is 3.45. The van der Waals surface area contributed by atoms with Gasteiger partial charge in [-0.25, -0.2) is 8.42 Å². The van der Waals surface area contributed by atoms with Crippen LogP contribution < -0.4 is 14.8 Å². The first kappa shape index (κ1) is 21.2. The van der Waals surface area contributed by atoms with Crippen LogP contribution in [0, 0.1) is 0 Å². The van der Waals surface area contributed by atoms with Gasteiger partial charge in [-0.3, -0.25) is 4.79 Å². The number of carbonyl (C=O) groups is 1. The van der Waals surface area contributed by atoms with Crippen LogP contribution in [-0.4, -0.2) is 31.8 Å². The Morgan fingerprint density at radius 2 is 1.57 bits per heavy atom. The lowest BCUT2D eigenvalue weighted by Crippen LogP contribution is -2.20. The van der Waals surface area contributed by atoms with Crippen LogP contribution in [0.3, 0.4) is 0 Å². The smallest absolute Gasteiger partial charge is 0.262 e. The second-order valence-corrected chi connectivity index (χ2v) is 8.58. The van der Waals surface area contributed by atoms with Crippen molar-refractivity contribution < 1.29 is 27.8 Å². The van der Waals surface area contributed by atoms with Gasteiger partial charge in [-0.05, 0) is 54.6 Å². The molecular formula is C22H21NO6S. The van der Waals surface area contributed by atoms with Crippen molar-refractivity contribution in [2.24, 2.45) is 0 Å². The molecule has 1 amide bonds. The van der Waals surface area contributed by atoms with Gasteiger partial charge in [-0.15, -0.1) is 0 Å². The van der Waals surface area contributed by atoms with Crippen molar-refractivity contribution in [2.75, 3.05) is 17.7 Å². The van der Waals surface area contributed by atoms with Crippen LogP contribution >= 0.6 is 0 Å². The molecule has 3 rings (SSSR count). The van der Waals surface area contributed by atoms with Crippen molar-refractivity contribution in [3.8, 4) is 23.0 Å². The van der Waals surface area contributed by atoms with Crippen LogP contribution in [0.2, 0.25) is 0 Å². The number of anilines is 1. The lowest BCUT2D eigenvalue weighted by molar-refractivity contribution is -0.118. The summed E-state index contributed by atoms with van der Waals surface area (Å²) < 4.78 is 35.1. The molecular weight excluding hydrogens is 406 g/mol. The zero-order valence-electron chi connectivity index (χ0n) is 16.2. The van der Waals surface area contributed by atoms with Gasteiger partial charge in [-0.2, -0.15) is 0 Å². The second-order valence-electron chi connectivity index (χ2n) is 6.31. The van der Waals surface area contributed by atoms with E-state index in [0.717, 1.165) is 0 Å². The number of aromatic hydroxyl groups is 1. The fraction of sp³-hybridized carbons (Fsp3) is 0.136. The van der Waals surface area contributed by atoms with Crippen molar-refractivity contribution in [3.05, 3.63) is 72.8 Å². The Balaban J connectivity index is 1.58. The highest BCUT2D eigenvalue weighted by atomic mass is 32.2. The highest BCUT2D eigenvalue weighted by Crippen LogP contribution is 2.27. The van der Waals surface area contributed by atoms with E-state index in [1.807, 2.05) is 30.3 Å². The number of para-hydroxylation sites is 1. The van der Waals surface area contributed by atoms with Gasteiger partial charge in [0.15, 0.2) is 16.4 Å². The molecule has 156 valence electrons. The summed E-state index contributed by atoms with van der Waals surface area (Å²) in [5, 5.41) is 12.4. The van der Waals surface area contributed by atoms with Crippen molar-refractivity contribution in [1.29, 1.82) is 0 Å². The number of phenols is 1. The van der Waals surface area contributed by atoms with Crippen LogP contribution in [0.4, 0.5) is 5.69 Å². The number of ether oxygens (including phenoxy) is 2. The molecule has 30 heavy (non-hydrogen) atoms. The molecule has 0 unspecified atom stereocenters. The molecule has 0 saturated carbocycles. The third-order valence-electron chi connectivity index (χ3n) is 4.15. The van der Waals surface area contributed by atoms with Crippen molar-refractivity contribution in [1.82, 2.24) is 0 Å². The largest absolute Gasteiger partial charge is 0.506 e. The number of nitrogens with one attached hydrogen (secondary N) is 1. The first-order valence-corrected chi connectivity index (χ1v) is 10.8. The Hall–Kier alpha value is -3.52. The Kier molecular flexibility index (Phi) is 6.58. The Bertz CT molecular complexity index is 1110. The van der Waals surface area contributed by atoms with Gasteiger partial charge in [0.25, 0.3) is 5.91 Å². The molecule has 3 aromatic carbocycles. The number of amides is 1. The van der Waals surface area contributed by atoms with Crippen LogP contribution in [0.25, 0.3) is 0 Å². The van der Waals surface area contributed by atoms with Crippen LogP contribution in [0.1, 0.15) is 6.92 Å². The summed E-state index contributed by atoms with van der Waals surface area (Å²) in [6.07, 6.45) is 0. The molecule has 0 heterocycles. The Morgan fingerprint density at radius 1 is 0.933 bits per heavy atom. The van der Waals surface area contributed by atoms with E-state index in [1.165, 1.54) is 25.1 Å². The molecule has 2 N–H and O–H groups in total. The summed E-state index contributed by atoms with van der Waals surface area (Å²) in [5.74, 6) is 0.923. The monoisotopic (exact) mass is 427 g/mol. The highest BCUT2D eigenvalue weighted by Gasteiger charge is 2.15. The van der Waals surface area contributed by atoms with Gasteiger partial charge in [0, 0.05) is 0 Å². The zero-order valence-corrected chi connectivity index (χ0v) is 17.1. The summed E-state index contributed by atoms with van der Waals surface area (Å²) in [6, 6.07) is 19.8. The van der Waals surface area contributed by atoms with Gasteiger partial charge >= 0.3 is 0 Å². The third kappa shape index (κ3) is 5.51. The van der Waals surface area contributed by atoms with E-state index < -0.39 is 15.7 Å². The first-order valence-electron chi connectivity index (χ1n) is 9.19. The molecule has 0 saturated heterocycles. The number of carbonyl (C=O) groups excluding carboxylic acids is 1. The Morgan fingerprint density at radius 3 is 2.23 bits per heavy atom. The van der Waals surface area contributed by atoms with E-state index in [9.17, 15) is 18.3 Å². The van der Waals surface area contributed by atoms with Gasteiger partial charge in [0.05, 0.1) is 16.3 Å². The maximum absolute atomic E-state index is 12.2. The average Bonchev–Trinajstić information content (AvgIpc) is 2.75. The molecule has 7 nitrogen and oxygen atoms in total. The van der Waals surface area contributed by atoms with Crippen molar-refractivity contribution in [2.45, 2.75) is 11.8 Å². The quantitative estimate of drug-likeness (QED) is 0.527. The molecule has 0 aliphatic carbocycles. The van der Waals surface area contributed by atoms with Crippen molar-refractivity contribution >= 4 is 21.4 Å². The lowest BCUT2D eigenvalue weighted by atomic mass is 10.3. The number of sulfone groups is 1. The summed E-state index contributed by atoms with van der Waals surface area (Å²) >= 11 is 0. The van der Waals surface area contributed by atoms with E-state index in [4.69, 9.17) is 9.47 Å². The molecule has 0 fully saturated rings. The molecule has 0 aromatic heterocycles. The maximum Gasteiger partial charge on any atom is 0.262 e. The molecule has 0 aliphatic heterocycles. The highest BCUT2D eigenvalue weighted by molar-refractivity contribution is 7.91. The fourth-order valence-electron chi connectivity index (χ4n) is 2.54. The van der Waals surface area contributed by atoms with Crippen LogP contribution in [-0.2, 0) is 14.6 Å². The SMILES string of the molecule is CCS(=O)(=O)c1ccc(O)c(NC(=O)COc2ccc(Oc3ccccc3)cc2)c1. The first-order chi connectivity index (χ1) is 14.4. The van der Waals surface area contributed by atoms with E-state index in [0.29, 0.717) is 17.2 Å². The van der Waals surface area contributed by atoms with E-state index >= 15 is 0 Å². The molecule has 0 atom stereocenters. The molecule has 3 aromatic rings. The summed E-state index contributed by atoms with van der Waals surface area (Å²) in [5.41, 5.74) is 0.00438. The summed E-state index contributed by atoms with van der Waals surface area (Å²) in [4.78, 5) is 12.2. The molecule has 8 heteroatoms. The predicted octanol–water partition coefficient (Wildman–Crippen LogP) is 4.00. The average molecular weight is 427 g/mol. The van der Waals surface area contributed by atoms with E-state index in [-0.39, 0.29) is 28.7 Å². The number of benzene rings is 3. The van der Waals surface area contributed by atoms with E-state index in [1.54, 1.807) is 24.3 Å². The molecule has 0 bridgehead atoms. The predicted molar refractivity (Wildman–Crippen MR) is 113 cm³/mol. The zero-order chi connectivity index (χ0) is 21.6. The topological polar surface area (TPSA) is 102 Å². The van der Waals surface area contributed by atoms with Crippen LogP contribution in [0.5, 0.6) is 23.0 Å². The number of phenolic OH excluding ortho intramolecular Hbond substituents is 1. The number of rotatable bonds is 8. The number of hydrogen-bond donors (Lipinski definition) is 2. The standard InChI is InChI=1S/C22H21NO6S/c1-2-30(26,27)19-12-13-21(24)20(14-19)23-22(25)15-28-16-8-10-18(11-9-16)29-17-6-4-3-5-7-17/h3-14,24H,2,15H2,1H3,(H,23,25).